The number of hydrogen-bond donors (Lipinski definition) is 0. The van der Waals surface area contributed by atoms with Gasteiger partial charge in [0, 0.05) is 26.1 Å². The minimum Gasteiger partial charge on any atom is -0.591 e. The molecule has 0 amide bonds. The monoisotopic (exact) mass is 451 g/mol. The van der Waals surface area contributed by atoms with Crippen LogP contribution in [0.5, 0.6) is 0 Å². The van der Waals surface area contributed by atoms with Crippen LogP contribution in [0.3, 0.4) is 0 Å². The fourth-order valence-electron chi connectivity index (χ4n) is 3.83. The summed E-state index contributed by atoms with van der Waals surface area (Å²) in [5.74, 6) is 0. The van der Waals surface area contributed by atoms with Crippen molar-refractivity contribution in [2.45, 2.75) is 58.3 Å². The second-order valence-electron chi connectivity index (χ2n) is 9.26. The van der Waals surface area contributed by atoms with E-state index in [2.05, 4.69) is 33.6 Å². The number of benzene rings is 2. The maximum Gasteiger partial charge on any atom is 0.144 e. The molecular weight excluding hydrogens is 418 g/mol. The zero-order valence-corrected chi connectivity index (χ0v) is 20.4. The maximum atomic E-state index is 12.3. The van der Waals surface area contributed by atoms with E-state index in [9.17, 15) is 9.81 Å². The van der Waals surface area contributed by atoms with Crippen LogP contribution in [0.2, 0.25) is 0 Å². The zero-order valence-electron chi connectivity index (χ0n) is 19.6. The standard InChI is InChI=1S/C26H33N3O2S/c1-20(28-32(30)26(2,3)4)15-22-16-23-11-13-29(25(23)24(17-22)18-27)12-8-14-31-19-21-9-6-5-7-10-21/h5-7,9-10,16-17H,8,11-15,19H2,1-4H3/b28-20+/t32-/m0/s1. The number of anilines is 1. The van der Waals surface area contributed by atoms with Gasteiger partial charge < -0.3 is 14.2 Å². The van der Waals surface area contributed by atoms with Gasteiger partial charge in [0.15, 0.2) is 0 Å². The Morgan fingerprint density at radius 1 is 1.22 bits per heavy atom. The highest BCUT2D eigenvalue weighted by Crippen LogP contribution is 2.33. The van der Waals surface area contributed by atoms with Crippen LogP contribution in [0.4, 0.5) is 5.69 Å². The van der Waals surface area contributed by atoms with E-state index in [1.807, 2.05) is 52.0 Å². The summed E-state index contributed by atoms with van der Waals surface area (Å²) in [6.45, 7) is 10.8. The van der Waals surface area contributed by atoms with E-state index in [0.29, 0.717) is 25.2 Å². The fourth-order valence-corrected chi connectivity index (χ4v) is 4.45. The number of nitrogens with zero attached hydrogens (tertiary/aromatic N) is 3. The first-order chi connectivity index (χ1) is 15.3. The summed E-state index contributed by atoms with van der Waals surface area (Å²) >= 11 is -1.27. The van der Waals surface area contributed by atoms with Crippen LogP contribution in [-0.2, 0) is 35.5 Å². The van der Waals surface area contributed by atoms with Gasteiger partial charge in [-0.1, -0.05) is 40.8 Å². The highest BCUT2D eigenvalue weighted by Gasteiger charge is 2.27. The van der Waals surface area contributed by atoms with Crippen LogP contribution in [0, 0.1) is 11.3 Å². The van der Waals surface area contributed by atoms with Crippen LogP contribution < -0.4 is 4.90 Å². The van der Waals surface area contributed by atoms with Crippen LogP contribution in [0.25, 0.3) is 0 Å². The normalized spacial score (nSPS) is 14.9. The molecule has 1 aliphatic rings. The lowest BCUT2D eigenvalue weighted by molar-refractivity contribution is 0.119. The lowest BCUT2D eigenvalue weighted by Gasteiger charge is -2.21. The molecule has 3 rings (SSSR count). The Kier molecular flexibility index (Phi) is 8.36. The van der Waals surface area contributed by atoms with Crippen LogP contribution in [-0.4, -0.2) is 34.7 Å². The second kappa shape index (κ2) is 11.0. The minimum absolute atomic E-state index is 0.373. The SMILES string of the molecule is C/C(Cc1cc(C#N)c2c(c1)CCN2CCCOCc1ccccc1)=N\[S@@+]([O-])C(C)(C)C. The van der Waals surface area contributed by atoms with Crippen molar-refractivity contribution >= 4 is 22.8 Å². The topological polar surface area (TPSA) is 71.7 Å². The molecule has 5 nitrogen and oxygen atoms in total. The highest BCUT2D eigenvalue weighted by atomic mass is 32.2. The molecule has 0 aromatic heterocycles. The Morgan fingerprint density at radius 2 is 1.97 bits per heavy atom. The van der Waals surface area contributed by atoms with Crippen LogP contribution >= 0.6 is 0 Å². The summed E-state index contributed by atoms with van der Waals surface area (Å²) in [6.07, 6.45) is 2.47. The molecule has 0 saturated heterocycles. The molecule has 0 unspecified atom stereocenters. The maximum absolute atomic E-state index is 12.3. The molecule has 1 heterocycles. The second-order valence-corrected chi connectivity index (χ2v) is 11.2. The molecule has 0 spiro atoms. The van der Waals surface area contributed by atoms with Gasteiger partial charge in [-0.05, 0) is 63.3 Å². The van der Waals surface area contributed by atoms with E-state index in [-0.39, 0.29) is 4.75 Å². The number of nitriles is 1. The Hall–Kier alpha value is -2.33. The predicted molar refractivity (Wildman–Crippen MR) is 132 cm³/mol. The predicted octanol–water partition coefficient (Wildman–Crippen LogP) is 4.99. The molecule has 0 saturated carbocycles. The molecular formula is C26H33N3O2S. The number of ether oxygens (including phenoxy) is 1. The van der Waals surface area contributed by atoms with E-state index in [1.165, 1.54) is 11.1 Å². The summed E-state index contributed by atoms with van der Waals surface area (Å²) < 4.78 is 22.1. The highest BCUT2D eigenvalue weighted by molar-refractivity contribution is 7.91. The average Bonchev–Trinajstić information content (AvgIpc) is 3.15. The Balaban J connectivity index is 1.59. The van der Waals surface area contributed by atoms with Crippen LogP contribution in [0.15, 0.2) is 46.9 Å². The van der Waals surface area contributed by atoms with Crippen LogP contribution in [0.1, 0.15) is 56.4 Å². The summed E-state index contributed by atoms with van der Waals surface area (Å²) in [4.78, 5) is 2.30. The quantitative estimate of drug-likeness (QED) is 0.306. The molecule has 0 fully saturated rings. The largest absolute Gasteiger partial charge is 0.591 e. The van der Waals surface area contributed by atoms with Gasteiger partial charge in [-0.15, -0.1) is 0 Å². The van der Waals surface area contributed by atoms with Gasteiger partial charge in [0.25, 0.3) is 0 Å². The molecule has 6 heteroatoms. The van der Waals surface area contributed by atoms with Gasteiger partial charge in [0.1, 0.15) is 22.2 Å². The third-order valence-electron chi connectivity index (χ3n) is 5.39. The number of hydrogen-bond acceptors (Lipinski definition) is 5. The van der Waals surface area contributed by atoms with Crippen molar-refractivity contribution in [2.75, 3.05) is 24.6 Å². The Morgan fingerprint density at radius 3 is 2.66 bits per heavy atom. The van der Waals surface area contributed by atoms with Crippen molar-refractivity contribution in [3.05, 3.63) is 64.7 Å². The molecule has 1 aliphatic heterocycles. The molecule has 2 aromatic carbocycles. The Labute approximate surface area is 195 Å². The van der Waals surface area contributed by atoms with Crippen molar-refractivity contribution in [3.8, 4) is 6.07 Å². The van der Waals surface area contributed by atoms with E-state index in [0.717, 1.165) is 42.9 Å². The summed E-state index contributed by atoms with van der Waals surface area (Å²) in [5.41, 5.74) is 6.06. The average molecular weight is 452 g/mol. The molecule has 0 radical (unpaired) electrons. The third kappa shape index (κ3) is 6.59. The fraction of sp³-hybridized carbons (Fsp3) is 0.462. The van der Waals surface area contributed by atoms with E-state index >= 15 is 0 Å². The molecule has 1 atom stereocenters. The molecule has 32 heavy (non-hydrogen) atoms. The van der Waals surface area contributed by atoms with Gasteiger partial charge >= 0.3 is 0 Å². The van der Waals surface area contributed by atoms with E-state index in [4.69, 9.17) is 4.74 Å². The van der Waals surface area contributed by atoms with E-state index in [1.54, 1.807) is 0 Å². The van der Waals surface area contributed by atoms with Gasteiger partial charge in [0.05, 0.1) is 23.6 Å². The van der Waals surface area contributed by atoms with Crippen molar-refractivity contribution in [3.63, 3.8) is 0 Å². The van der Waals surface area contributed by atoms with Crippen molar-refractivity contribution in [1.82, 2.24) is 0 Å². The third-order valence-corrected chi connectivity index (χ3v) is 6.91. The zero-order chi connectivity index (χ0) is 23.1. The summed E-state index contributed by atoms with van der Waals surface area (Å²) in [7, 11) is 0. The first-order valence-corrected chi connectivity index (χ1v) is 12.3. The van der Waals surface area contributed by atoms with Crippen molar-refractivity contribution in [2.24, 2.45) is 4.40 Å². The smallest absolute Gasteiger partial charge is 0.144 e. The molecule has 0 N–H and O–H groups in total. The lowest BCUT2D eigenvalue weighted by Crippen LogP contribution is -2.26. The lowest BCUT2D eigenvalue weighted by atomic mass is 10.00. The van der Waals surface area contributed by atoms with Gasteiger partial charge in [-0.2, -0.15) is 5.26 Å². The first kappa shape index (κ1) is 24.3. The minimum atomic E-state index is -1.27. The summed E-state index contributed by atoms with van der Waals surface area (Å²) in [5, 5.41) is 9.79. The van der Waals surface area contributed by atoms with Gasteiger partial charge in [-0.3, -0.25) is 0 Å². The molecule has 0 aliphatic carbocycles. The van der Waals surface area contributed by atoms with Crippen molar-refractivity contribution < 1.29 is 9.29 Å². The summed E-state index contributed by atoms with van der Waals surface area (Å²) in [6, 6.07) is 16.7. The number of fused-ring (bicyclic) bond motifs is 1. The van der Waals surface area contributed by atoms with E-state index < -0.39 is 11.4 Å². The molecule has 170 valence electrons. The van der Waals surface area contributed by atoms with Crippen molar-refractivity contribution in [1.29, 1.82) is 5.26 Å². The Bertz CT molecular complexity index is 977. The first-order valence-electron chi connectivity index (χ1n) is 11.2. The number of rotatable bonds is 9. The van der Waals surface area contributed by atoms with Gasteiger partial charge in [0.2, 0.25) is 0 Å². The van der Waals surface area contributed by atoms with Gasteiger partial charge in [-0.25, -0.2) is 0 Å². The molecule has 0 bridgehead atoms. The molecule has 2 aromatic rings.